The molecule has 2 aromatic carbocycles. The lowest BCUT2D eigenvalue weighted by molar-refractivity contribution is -0.137. The molecular formula is C29H27N7O5. The normalized spacial score (nSPS) is 21.6. The van der Waals surface area contributed by atoms with E-state index in [2.05, 4.69) is 15.3 Å². The first kappa shape index (κ1) is 22.9. The summed E-state index contributed by atoms with van der Waals surface area (Å²) in [5.41, 5.74) is 2.04. The van der Waals surface area contributed by atoms with Crippen molar-refractivity contribution in [2.75, 3.05) is 12.3 Å². The minimum absolute atomic E-state index is 0.216. The molecule has 0 spiro atoms. The van der Waals surface area contributed by atoms with Crippen molar-refractivity contribution < 1.29 is 28.6 Å². The molecule has 1 fully saturated rings. The number of hydrogen-bond donors (Lipinski definition) is 4. The van der Waals surface area contributed by atoms with Gasteiger partial charge in [-0.2, -0.15) is 0 Å². The highest BCUT2D eigenvalue weighted by atomic mass is 16.6. The Kier molecular flexibility index (Phi) is 6.30. The van der Waals surface area contributed by atoms with Gasteiger partial charge in [-0.25, -0.2) is 15.0 Å². The van der Waals surface area contributed by atoms with Crippen LogP contribution in [0.15, 0.2) is 85.5 Å². The van der Waals surface area contributed by atoms with Crippen LogP contribution in [0.4, 0.5) is 5.82 Å². The number of ether oxygens (including phenoxy) is 2. The van der Waals surface area contributed by atoms with Crippen LogP contribution in [0.3, 0.4) is 0 Å². The Hall–Kier alpha value is -4.91. The van der Waals surface area contributed by atoms with Gasteiger partial charge in [-0.1, -0.05) is 48.5 Å². The molecule has 0 radical (unpaired) electrons. The molecule has 4 N–H and O–H groups in total. The maximum Gasteiger partial charge on any atom is 0.251 e. The van der Waals surface area contributed by atoms with Crippen LogP contribution >= 0.6 is 0 Å². The zero-order valence-corrected chi connectivity index (χ0v) is 21.5. The van der Waals surface area contributed by atoms with E-state index in [1.165, 1.54) is 10.9 Å². The minimum Gasteiger partial charge on any atom is -0.456 e. The van der Waals surface area contributed by atoms with Crippen molar-refractivity contribution in [2.45, 2.75) is 31.1 Å². The zero-order chi connectivity index (χ0) is 30.8. The molecule has 0 bridgehead atoms. The maximum atomic E-state index is 12.5. The minimum atomic E-state index is -2.81. The topological polar surface area (TPSA) is 157 Å². The number of amides is 1. The summed E-state index contributed by atoms with van der Waals surface area (Å²) < 4.78 is 34.9. The van der Waals surface area contributed by atoms with Crippen molar-refractivity contribution in [2.24, 2.45) is 0 Å². The molecule has 4 atom stereocenters. The summed E-state index contributed by atoms with van der Waals surface area (Å²) in [6.45, 7) is -2.40. The fourth-order valence-corrected chi connectivity index (χ4v) is 4.54. The number of pyridine rings is 1. The highest BCUT2D eigenvalue weighted by Gasteiger charge is 2.47. The predicted molar refractivity (Wildman–Crippen MR) is 149 cm³/mol. The van der Waals surface area contributed by atoms with E-state index in [4.69, 9.17) is 23.6 Å². The fraction of sp³-hybridized carbons (Fsp3) is 0.207. The number of para-hydroxylation sites is 1. The van der Waals surface area contributed by atoms with Crippen molar-refractivity contribution in [1.82, 2.24) is 29.8 Å². The first-order valence-corrected chi connectivity index (χ1v) is 12.7. The number of anilines is 1. The Balaban J connectivity index is 1.38. The van der Waals surface area contributed by atoms with Crippen LogP contribution in [-0.2, 0) is 16.1 Å². The number of fused-ring (bicyclic) bond motifs is 1. The predicted octanol–water partition coefficient (Wildman–Crippen LogP) is 2.66. The van der Waals surface area contributed by atoms with Crippen molar-refractivity contribution >= 4 is 22.9 Å². The van der Waals surface area contributed by atoms with Crippen molar-refractivity contribution in [3.05, 3.63) is 91.0 Å². The SMILES string of the molecule is [2H]C([2H])([2H])NC(=O)[C@H]1O[C@@H](n2cnc3c(NCc4ccccc4)nc(-c4cncc(Oc5ccccc5)c4)nc32)[C@H](O)[C@@H]1O. The molecule has 1 aliphatic rings. The first-order valence-electron chi connectivity index (χ1n) is 14.2. The second-order valence-corrected chi connectivity index (χ2v) is 9.30. The quantitative estimate of drug-likeness (QED) is 0.224. The average molecular weight is 557 g/mol. The maximum absolute atomic E-state index is 12.5. The molecule has 12 nitrogen and oxygen atoms in total. The molecule has 6 rings (SSSR count). The van der Waals surface area contributed by atoms with Gasteiger partial charge in [-0.05, 0) is 23.8 Å². The standard InChI is InChI=1S/C29H27N7O5/c1-30-28(39)24-22(37)23(38)29(41-24)36-16-33-21-26(32-13-17-8-4-2-5-9-17)34-25(35-27(21)36)18-12-20(15-31-14-18)40-19-10-6-3-7-11-19/h2-12,14-16,22-24,29,37-38H,13H2,1H3,(H,30,39)(H,32,34,35)/t22-,23+,24-,29+/m0/s1/i1D3. The third-order valence-corrected chi connectivity index (χ3v) is 6.57. The Labute approximate surface area is 238 Å². The first-order chi connectivity index (χ1) is 21.2. The van der Waals surface area contributed by atoms with E-state index in [-0.39, 0.29) is 11.5 Å². The van der Waals surface area contributed by atoms with E-state index >= 15 is 0 Å². The molecule has 0 unspecified atom stereocenters. The van der Waals surface area contributed by atoms with Crippen molar-refractivity contribution in [1.29, 1.82) is 0 Å². The molecule has 0 aliphatic carbocycles. The van der Waals surface area contributed by atoms with Crippen LogP contribution in [0.2, 0.25) is 0 Å². The van der Waals surface area contributed by atoms with Crippen LogP contribution in [0.5, 0.6) is 11.5 Å². The molecule has 4 heterocycles. The zero-order valence-electron chi connectivity index (χ0n) is 24.5. The van der Waals surface area contributed by atoms with Crippen LogP contribution in [-0.4, -0.2) is 65.9 Å². The summed E-state index contributed by atoms with van der Waals surface area (Å²) in [6, 6.07) is 20.6. The number of aliphatic hydroxyl groups excluding tert-OH is 2. The number of nitrogens with one attached hydrogen (secondary N) is 2. The number of benzene rings is 2. The number of imidazole rings is 1. The Morgan fingerprint density at radius 3 is 2.61 bits per heavy atom. The molecule has 41 heavy (non-hydrogen) atoms. The number of carbonyl (C=O) groups is 1. The average Bonchev–Trinajstić information content (AvgIpc) is 3.56. The smallest absolute Gasteiger partial charge is 0.251 e. The number of nitrogens with zero attached hydrogens (tertiary/aromatic N) is 5. The van der Waals surface area contributed by atoms with Gasteiger partial charge in [0.15, 0.2) is 35.1 Å². The van der Waals surface area contributed by atoms with E-state index in [0.29, 0.717) is 34.9 Å². The number of likely N-dealkylation sites (N-methyl/N-ethyl adjacent to an activating group) is 1. The van der Waals surface area contributed by atoms with E-state index < -0.39 is 37.4 Å². The summed E-state index contributed by atoms with van der Waals surface area (Å²) in [5.74, 6) is 0.585. The van der Waals surface area contributed by atoms with Crippen LogP contribution in [0.25, 0.3) is 22.6 Å². The summed E-state index contributed by atoms with van der Waals surface area (Å²) in [6.07, 6.45) is -1.83. The van der Waals surface area contributed by atoms with Gasteiger partial charge in [0.25, 0.3) is 5.91 Å². The monoisotopic (exact) mass is 556 g/mol. The van der Waals surface area contributed by atoms with Crippen molar-refractivity contribution in [3.8, 4) is 22.9 Å². The summed E-state index contributed by atoms with van der Waals surface area (Å²) >= 11 is 0. The van der Waals surface area contributed by atoms with Crippen LogP contribution in [0.1, 0.15) is 15.9 Å². The molecule has 12 heteroatoms. The second kappa shape index (κ2) is 11.3. The number of hydrogen-bond acceptors (Lipinski definition) is 10. The van der Waals surface area contributed by atoms with Gasteiger partial charge in [0, 0.05) is 29.4 Å². The van der Waals surface area contributed by atoms with Gasteiger partial charge in [-0.15, -0.1) is 0 Å². The Morgan fingerprint density at radius 2 is 1.83 bits per heavy atom. The Bertz CT molecular complexity index is 1770. The van der Waals surface area contributed by atoms with Crippen LogP contribution < -0.4 is 15.4 Å². The lowest BCUT2D eigenvalue weighted by atomic mass is 10.1. The van der Waals surface area contributed by atoms with E-state index in [9.17, 15) is 15.0 Å². The Morgan fingerprint density at radius 1 is 1.05 bits per heavy atom. The van der Waals surface area contributed by atoms with Gasteiger partial charge in [0.1, 0.15) is 23.7 Å². The third kappa shape index (κ3) is 5.31. The molecule has 1 aliphatic heterocycles. The molecule has 1 saturated heterocycles. The van der Waals surface area contributed by atoms with Gasteiger partial charge in [0.2, 0.25) is 0 Å². The van der Waals surface area contributed by atoms with E-state index in [0.717, 1.165) is 5.56 Å². The molecule has 0 saturated carbocycles. The number of carbonyl (C=O) groups excluding carboxylic acids is 1. The van der Waals surface area contributed by atoms with E-state index in [1.54, 1.807) is 23.8 Å². The second-order valence-electron chi connectivity index (χ2n) is 9.30. The molecule has 1 amide bonds. The number of rotatable bonds is 8. The van der Waals surface area contributed by atoms with Gasteiger partial charge in [-0.3, -0.25) is 14.3 Å². The fourth-order valence-electron chi connectivity index (χ4n) is 4.54. The largest absolute Gasteiger partial charge is 0.456 e. The van der Waals surface area contributed by atoms with Gasteiger partial charge < -0.3 is 30.3 Å². The summed E-state index contributed by atoms with van der Waals surface area (Å²) in [7, 11) is 0. The molecular weight excluding hydrogens is 526 g/mol. The number of aromatic nitrogens is 5. The van der Waals surface area contributed by atoms with E-state index in [1.807, 2.05) is 60.7 Å². The van der Waals surface area contributed by atoms with Crippen LogP contribution in [0, 0.1) is 0 Å². The molecule has 3 aromatic heterocycles. The number of aliphatic hydroxyl groups is 2. The van der Waals surface area contributed by atoms with Crippen molar-refractivity contribution in [3.63, 3.8) is 0 Å². The lowest BCUT2D eigenvalue weighted by Crippen LogP contribution is -2.41. The highest BCUT2D eigenvalue weighted by Crippen LogP contribution is 2.34. The lowest BCUT2D eigenvalue weighted by Gasteiger charge is -2.17. The highest BCUT2D eigenvalue weighted by molar-refractivity contribution is 5.85. The van der Waals surface area contributed by atoms with Gasteiger partial charge in [0.05, 0.1) is 12.5 Å². The van der Waals surface area contributed by atoms with Gasteiger partial charge >= 0.3 is 0 Å². The third-order valence-electron chi connectivity index (χ3n) is 6.57. The summed E-state index contributed by atoms with van der Waals surface area (Å²) in [4.78, 5) is 30.7. The summed E-state index contributed by atoms with van der Waals surface area (Å²) in [5, 5.41) is 26.5. The molecule has 208 valence electrons. The molecule has 5 aromatic rings.